The van der Waals surface area contributed by atoms with Crippen LogP contribution >= 0.6 is 11.6 Å². The molecule has 2 aliphatic rings. The van der Waals surface area contributed by atoms with E-state index in [1.54, 1.807) is 4.90 Å². The fourth-order valence-electron chi connectivity index (χ4n) is 4.34. The highest BCUT2D eigenvalue weighted by Gasteiger charge is 2.35. The fourth-order valence-corrected chi connectivity index (χ4v) is 4.58. The summed E-state index contributed by atoms with van der Waals surface area (Å²) in [6.45, 7) is 3.50. The summed E-state index contributed by atoms with van der Waals surface area (Å²) in [6, 6.07) is 1.86. The lowest BCUT2D eigenvalue weighted by atomic mass is 9.98. The Morgan fingerprint density at radius 2 is 1.76 bits per heavy atom. The van der Waals surface area contributed by atoms with Gasteiger partial charge in [0.1, 0.15) is 0 Å². The molecule has 1 amide bonds. The van der Waals surface area contributed by atoms with Crippen molar-refractivity contribution in [2.75, 3.05) is 31.9 Å². The Morgan fingerprint density at radius 3 is 2.34 bits per heavy atom. The minimum Gasteiger partial charge on any atom is -0.397 e. The zero-order valence-corrected chi connectivity index (χ0v) is 17.1. The first-order valence-corrected chi connectivity index (χ1v) is 10.5. The SMILES string of the molecule is Nc1c(Cl)cc(C[C@@H](N)C(=O)N2CCC(N3CCCCC3)CC2)cc1C(F)(F)F. The maximum Gasteiger partial charge on any atom is 0.418 e. The summed E-state index contributed by atoms with van der Waals surface area (Å²) >= 11 is 5.86. The summed E-state index contributed by atoms with van der Waals surface area (Å²) in [6.07, 6.45) is 0.924. The van der Waals surface area contributed by atoms with Crippen molar-refractivity contribution in [1.82, 2.24) is 9.80 Å². The molecule has 0 aliphatic carbocycles. The van der Waals surface area contributed by atoms with Crippen molar-refractivity contribution < 1.29 is 18.0 Å². The summed E-state index contributed by atoms with van der Waals surface area (Å²) in [7, 11) is 0. The molecule has 162 valence electrons. The number of nitrogens with zero attached hydrogens (tertiary/aromatic N) is 2. The van der Waals surface area contributed by atoms with Crippen molar-refractivity contribution in [3.8, 4) is 0 Å². The molecule has 2 fully saturated rings. The highest BCUT2D eigenvalue weighted by Crippen LogP contribution is 2.38. The molecule has 29 heavy (non-hydrogen) atoms. The van der Waals surface area contributed by atoms with Gasteiger partial charge in [-0.1, -0.05) is 18.0 Å². The standard InChI is InChI=1S/C20H28ClF3N4O/c21-16-11-13(10-15(18(16)26)20(22,23)24)12-17(25)19(29)28-8-4-14(5-9-28)27-6-2-1-3-7-27/h10-11,14,17H,1-9,12,25-26H2/t17-/m1/s1. The summed E-state index contributed by atoms with van der Waals surface area (Å²) in [5, 5.41) is -0.184. The molecule has 2 heterocycles. The minimum atomic E-state index is -4.62. The molecule has 2 aliphatic heterocycles. The van der Waals surface area contributed by atoms with Crippen molar-refractivity contribution in [1.29, 1.82) is 0 Å². The number of hydrogen-bond acceptors (Lipinski definition) is 4. The zero-order chi connectivity index (χ0) is 21.2. The number of carbonyl (C=O) groups excluding carboxylic acids is 1. The monoisotopic (exact) mass is 432 g/mol. The van der Waals surface area contributed by atoms with Gasteiger partial charge in [-0.05, 0) is 62.9 Å². The van der Waals surface area contributed by atoms with Crippen molar-refractivity contribution in [2.45, 2.75) is 56.8 Å². The highest BCUT2D eigenvalue weighted by atomic mass is 35.5. The van der Waals surface area contributed by atoms with E-state index in [-0.39, 0.29) is 22.9 Å². The predicted molar refractivity (Wildman–Crippen MR) is 108 cm³/mol. The Labute approximate surface area is 174 Å². The second-order valence-electron chi connectivity index (χ2n) is 8.00. The smallest absolute Gasteiger partial charge is 0.397 e. The van der Waals surface area contributed by atoms with Crippen LogP contribution < -0.4 is 11.5 Å². The van der Waals surface area contributed by atoms with E-state index < -0.39 is 23.5 Å². The van der Waals surface area contributed by atoms with E-state index in [2.05, 4.69) is 4.90 Å². The lowest BCUT2D eigenvalue weighted by molar-refractivity contribution is -0.137. The summed E-state index contributed by atoms with van der Waals surface area (Å²) in [5.74, 6) is -0.233. The van der Waals surface area contributed by atoms with Gasteiger partial charge < -0.3 is 21.3 Å². The van der Waals surface area contributed by atoms with Gasteiger partial charge >= 0.3 is 6.18 Å². The molecule has 4 N–H and O–H groups in total. The lowest BCUT2D eigenvalue weighted by Crippen LogP contribution is -2.52. The Kier molecular flexibility index (Phi) is 6.96. The van der Waals surface area contributed by atoms with Gasteiger partial charge in [-0.15, -0.1) is 0 Å². The first kappa shape index (κ1) is 22.2. The van der Waals surface area contributed by atoms with Crippen LogP contribution in [0, 0.1) is 0 Å². The molecule has 9 heteroatoms. The van der Waals surface area contributed by atoms with E-state index in [0.717, 1.165) is 32.0 Å². The van der Waals surface area contributed by atoms with E-state index in [1.165, 1.54) is 25.3 Å². The Hall–Kier alpha value is -1.51. The molecule has 1 atom stereocenters. The van der Waals surface area contributed by atoms with Crippen molar-refractivity contribution in [2.24, 2.45) is 5.73 Å². The number of rotatable bonds is 4. The van der Waals surface area contributed by atoms with Gasteiger partial charge in [0.05, 0.1) is 22.3 Å². The number of piperidine rings is 2. The van der Waals surface area contributed by atoms with Crippen molar-refractivity contribution >= 4 is 23.2 Å². The van der Waals surface area contributed by atoms with E-state index in [1.807, 2.05) is 0 Å². The first-order chi connectivity index (χ1) is 13.7. The van der Waals surface area contributed by atoms with Crippen LogP contribution in [0.5, 0.6) is 0 Å². The number of halogens is 4. The molecule has 3 rings (SSSR count). The number of nitrogen functional groups attached to an aromatic ring is 1. The number of benzene rings is 1. The third-order valence-corrected chi connectivity index (χ3v) is 6.26. The zero-order valence-electron chi connectivity index (χ0n) is 16.3. The molecule has 0 bridgehead atoms. The molecule has 2 saturated heterocycles. The van der Waals surface area contributed by atoms with Gasteiger partial charge in [0.15, 0.2) is 0 Å². The van der Waals surface area contributed by atoms with Gasteiger partial charge in [-0.2, -0.15) is 13.2 Å². The van der Waals surface area contributed by atoms with Crippen LogP contribution in [-0.2, 0) is 17.4 Å². The quantitative estimate of drug-likeness (QED) is 0.716. The largest absolute Gasteiger partial charge is 0.418 e. The third-order valence-electron chi connectivity index (χ3n) is 5.95. The number of hydrogen-bond donors (Lipinski definition) is 2. The number of likely N-dealkylation sites (tertiary alicyclic amines) is 2. The van der Waals surface area contributed by atoms with Crippen LogP contribution in [0.25, 0.3) is 0 Å². The molecule has 0 radical (unpaired) electrons. The topological polar surface area (TPSA) is 75.6 Å². The molecule has 5 nitrogen and oxygen atoms in total. The maximum absolute atomic E-state index is 13.1. The van der Waals surface area contributed by atoms with Gasteiger partial charge in [-0.3, -0.25) is 4.79 Å². The molecular weight excluding hydrogens is 405 g/mol. The van der Waals surface area contributed by atoms with Crippen LogP contribution in [0.1, 0.15) is 43.2 Å². The lowest BCUT2D eigenvalue weighted by Gasteiger charge is -2.40. The van der Waals surface area contributed by atoms with E-state index in [4.69, 9.17) is 23.1 Å². The molecule has 1 aromatic rings. The molecule has 0 unspecified atom stereocenters. The van der Waals surface area contributed by atoms with Gasteiger partial charge in [0.25, 0.3) is 0 Å². The first-order valence-electron chi connectivity index (χ1n) is 10.1. The average molecular weight is 433 g/mol. The van der Waals surface area contributed by atoms with Gasteiger partial charge in [0.2, 0.25) is 5.91 Å². The number of carbonyl (C=O) groups is 1. The van der Waals surface area contributed by atoms with E-state index in [9.17, 15) is 18.0 Å². The third kappa shape index (κ3) is 5.35. The number of nitrogens with two attached hydrogens (primary N) is 2. The molecule has 0 spiro atoms. The second kappa shape index (κ2) is 9.10. The fraction of sp³-hybridized carbons (Fsp3) is 0.650. The predicted octanol–water partition coefficient (Wildman–Crippen LogP) is 3.29. The maximum atomic E-state index is 13.1. The van der Waals surface area contributed by atoms with Crippen molar-refractivity contribution in [3.63, 3.8) is 0 Å². The van der Waals surface area contributed by atoms with Crippen LogP contribution in [0.2, 0.25) is 5.02 Å². The molecule has 0 aromatic heterocycles. The van der Waals surface area contributed by atoms with Crippen LogP contribution in [0.3, 0.4) is 0 Å². The average Bonchev–Trinajstić information content (AvgIpc) is 2.70. The number of alkyl halides is 3. The Morgan fingerprint density at radius 1 is 1.14 bits per heavy atom. The summed E-state index contributed by atoms with van der Waals surface area (Å²) in [5.41, 5.74) is 10.2. The number of anilines is 1. The Balaban J connectivity index is 1.59. The van der Waals surface area contributed by atoms with Gasteiger partial charge in [-0.25, -0.2) is 0 Å². The summed E-state index contributed by atoms with van der Waals surface area (Å²) < 4.78 is 39.4. The van der Waals surface area contributed by atoms with Crippen molar-refractivity contribution in [3.05, 3.63) is 28.3 Å². The second-order valence-corrected chi connectivity index (χ2v) is 8.41. The normalized spacial score (nSPS) is 20.7. The molecule has 0 saturated carbocycles. The number of amides is 1. The van der Waals surface area contributed by atoms with E-state index in [0.29, 0.717) is 19.1 Å². The van der Waals surface area contributed by atoms with Crippen LogP contribution in [0.15, 0.2) is 12.1 Å². The molecule has 1 aromatic carbocycles. The Bertz CT molecular complexity index is 729. The van der Waals surface area contributed by atoms with Crippen LogP contribution in [-0.4, -0.2) is 54.0 Å². The summed E-state index contributed by atoms with van der Waals surface area (Å²) in [4.78, 5) is 17.0. The minimum absolute atomic E-state index is 0.0199. The van der Waals surface area contributed by atoms with Crippen LogP contribution in [0.4, 0.5) is 18.9 Å². The molecular formula is C20H28ClF3N4O. The van der Waals surface area contributed by atoms with Gasteiger partial charge in [0, 0.05) is 19.1 Å². The highest BCUT2D eigenvalue weighted by molar-refractivity contribution is 6.33. The van der Waals surface area contributed by atoms with E-state index >= 15 is 0 Å².